The van der Waals surface area contributed by atoms with Crippen molar-refractivity contribution in [2.75, 3.05) is 0 Å². The van der Waals surface area contributed by atoms with Gasteiger partial charge in [0.2, 0.25) is 0 Å². The summed E-state index contributed by atoms with van der Waals surface area (Å²) >= 11 is 6.52. The minimum absolute atomic E-state index is 0.179. The van der Waals surface area contributed by atoms with Crippen molar-refractivity contribution in [3.8, 4) is 5.75 Å². The molecule has 1 aromatic rings. The molecular formula is C20H35ClOSi. The molecule has 0 amide bonds. The summed E-state index contributed by atoms with van der Waals surface area (Å²) in [5, 5.41) is 0. The molecule has 0 aliphatic rings. The Morgan fingerprint density at radius 1 is 0.913 bits per heavy atom. The lowest BCUT2D eigenvalue weighted by Crippen LogP contribution is -2.40. The van der Waals surface area contributed by atoms with Gasteiger partial charge >= 0.3 is 0 Å². The molecule has 0 radical (unpaired) electrons. The summed E-state index contributed by atoms with van der Waals surface area (Å²) in [6.45, 7) is 8.72. The highest BCUT2D eigenvalue weighted by atomic mass is 35.6. The minimum atomic E-state index is -1.77. The van der Waals surface area contributed by atoms with Gasteiger partial charge in [-0.25, -0.2) is 0 Å². The molecule has 1 nitrogen and oxygen atoms in total. The normalized spacial score (nSPS) is 13.1. The molecule has 0 heterocycles. The lowest BCUT2D eigenvalue weighted by Gasteiger charge is -2.26. The zero-order chi connectivity index (χ0) is 17.1. The average molecular weight is 355 g/mol. The van der Waals surface area contributed by atoms with Crippen molar-refractivity contribution in [3.63, 3.8) is 0 Å². The second-order valence-electron chi connectivity index (χ2n) is 7.09. The Hall–Kier alpha value is -0.473. The molecule has 0 spiro atoms. The van der Waals surface area contributed by atoms with Crippen molar-refractivity contribution < 1.29 is 4.74 Å². The van der Waals surface area contributed by atoms with Gasteiger partial charge in [-0.3, -0.25) is 0 Å². The summed E-state index contributed by atoms with van der Waals surface area (Å²) < 4.78 is 6.09. The fourth-order valence-electron chi connectivity index (χ4n) is 2.89. The van der Waals surface area contributed by atoms with Crippen LogP contribution < -0.4 is 4.74 Å². The van der Waals surface area contributed by atoms with Gasteiger partial charge in [0.05, 0.1) is 0 Å². The van der Waals surface area contributed by atoms with Crippen molar-refractivity contribution in [1.29, 1.82) is 0 Å². The van der Waals surface area contributed by atoms with Crippen molar-refractivity contribution >= 4 is 18.5 Å². The van der Waals surface area contributed by atoms with Crippen molar-refractivity contribution in [2.24, 2.45) is 0 Å². The molecule has 0 aliphatic heterocycles. The van der Waals surface area contributed by atoms with Crippen molar-refractivity contribution in [3.05, 3.63) is 29.8 Å². The van der Waals surface area contributed by atoms with Gasteiger partial charge in [-0.1, -0.05) is 77.6 Å². The third kappa shape index (κ3) is 8.81. The molecule has 0 aromatic heterocycles. The summed E-state index contributed by atoms with van der Waals surface area (Å²) in [7, 11) is -1.77. The van der Waals surface area contributed by atoms with Gasteiger partial charge in [0.1, 0.15) is 11.5 Å². The zero-order valence-corrected chi connectivity index (χ0v) is 17.3. The Bertz CT molecular complexity index is 411. The minimum Gasteiger partial charge on any atom is -0.493 e. The van der Waals surface area contributed by atoms with Gasteiger partial charge in [0, 0.05) is 0 Å². The molecule has 0 saturated heterocycles. The number of benzene rings is 1. The number of ether oxygens (including phenoxy) is 1. The van der Waals surface area contributed by atoms with E-state index in [0.717, 1.165) is 12.2 Å². The number of aryl methyl sites for hydroxylation is 1. The Morgan fingerprint density at radius 2 is 1.48 bits per heavy atom. The lowest BCUT2D eigenvalue weighted by molar-refractivity contribution is 0.267. The van der Waals surface area contributed by atoms with Crippen molar-refractivity contribution in [2.45, 2.75) is 90.5 Å². The van der Waals surface area contributed by atoms with Crippen LogP contribution >= 0.6 is 11.1 Å². The maximum atomic E-state index is 6.52. The first-order chi connectivity index (χ1) is 11.0. The van der Waals surface area contributed by atoms with E-state index in [0.29, 0.717) is 0 Å². The lowest BCUT2D eigenvalue weighted by atomic mass is 10.0. The number of hydrogen-bond acceptors (Lipinski definition) is 1. The smallest absolute Gasteiger partial charge is 0.194 e. The molecule has 132 valence electrons. The molecule has 0 bridgehead atoms. The van der Waals surface area contributed by atoms with E-state index in [-0.39, 0.29) is 5.73 Å². The number of unbranched alkanes of at least 4 members (excludes halogenated alkanes) is 6. The van der Waals surface area contributed by atoms with Gasteiger partial charge in [-0.15, -0.1) is 0 Å². The van der Waals surface area contributed by atoms with Gasteiger partial charge in [-0.2, -0.15) is 11.1 Å². The van der Waals surface area contributed by atoms with E-state index in [9.17, 15) is 0 Å². The summed E-state index contributed by atoms with van der Waals surface area (Å²) in [6.07, 6.45) is 11.7. The van der Waals surface area contributed by atoms with Gasteiger partial charge in [0.25, 0.3) is 0 Å². The highest BCUT2D eigenvalue weighted by molar-refractivity contribution is 7.19. The molecule has 0 aliphatic carbocycles. The molecule has 3 heteroatoms. The van der Waals surface area contributed by atoms with E-state index in [1.54, 1.807) is 0 Å². The third-order valence-electron chi connectivity index (χ3n) is 4.41. The second kappa shape index (κ2) is 11.1. The summed E-state index contributed by atoms with van der Waals surface area (Å²) in [4.78, 5) is 0. The molecular weight excluding hydrogens is 320 g/mol. The van der Waals surface area contributed by atoms with E-state index >= 15 is 0 Å². The van der Waals surface area contributed by atoms with E-state index in [1.165, 1.54) is 56.9 Å². The van der Waals surface area contributed by atoms with Crippen LogP contribution in [-0.4, -0.2) is 13.1 Å². The Morgan fingerprint density at radius 3 is 2.00 bits per heavy atom. The van der Waals surface area contributed by atoms with Crippen LogP contribution in [0.5, 0.6) is 5.75 Å². The molecule has 0 fully saturated rings. The van der Waals surface area contributed by atoms with Crippen LogP contribution in [-0.2, 0) is 6.42 Å². The maximum absolute atomic E-state index is 6.52. The summed E-state index contributed by atoms with van der Waals surface area (Å²) in [5.41, 5.74) is 1.60. The monoisotopic (exact) mass is 354 g/mol. The van der Waals surface area contributed by atoms with E-state index in [2.05, 4.69) is 51.2 Å². The van der Waals surface area contributed by atoms with Gasteiger partial charge in [-0.05, 0) is 37.0 Å². The van der Waals surface area contributed by atoms with Crippen LogP contribution in [0.15, 0.2) is 24.3 Å². The molecule has 1 atom stereocenters. The maximum Gasteiger partial charge on any atom is 0.194 e. The largest absolute Gasteiger partial charge is 0.493 e. The van der Waals surface area contributed by atoms with Crippen LogP contribution in [0, 0.1) is 0 Å². The van der Waals surface area contributed by atoms with Crippen LogP contribution in [0.4, 0.5) is 0 Å². The van der Waals surface area contributed by atoms with Gasteiger partial charge in [0.15, 0.2) is 7.38 Å². The predicted molar refractivity (Wildman–Crippen MR) is 106 cm³/mol. The highest BCUT2D eigenvalue weighted by Gasteiger charge is 2.30. The fraction of sp³-hybridized carbons (Fsp3) is 0.700. The SMILES string of the molecule is CCCCCCCCCc1ccc(OC(CC)[Si](C)(C)Cl)cc1. The third-order valence-corrected chi connectivity index (χ3v) is 7.19. The summed E-state index contributed by atoms with van der Waals surface area (Å²) in [5.74, 6) is 0.960. The number of halogens is 1. The topological polar surface area (TPSA) is 9.23 Å². The molecule has 23 heavy (non-hydrogen) atoms. The fourth-order valence-corrected chi connectivity index (χ4v) is 4.88. The van der Waals surface area contributed by atoms with E-state index in [4.69, 9.17) is 15.8 Å². The first-order valence-electron chi connectivity index (χ1n) is 9.41. The van der Waals surface area contributed by atoms with Gasteiger partial charge < -0.3 is 4.74 Å². The Kier molecular flexibility index (Phi) is 9.97. The molecule has 1 unspecified atom stereocenters. The first kappa shape index (κ1) is 20.6. The quantitative estimate of drug-likeness (QED) is 0.220. The Balaban J connectivity index is 2.30. The molecule has 0 saturated carbocycles. The zero-order valence-electron chi connectivity index (χ0n) is 15.5. The first-order valence-corrected chi connectivity index (χ1v) is 13.5. The Labute approximate surface area is 149 Å². The van der Waals surface area contributed by atoms with Crippen molar-refractivity contribution in [1.82, 2.24) is 0 Å². The highest BCUT2D eigenvalue weighted by Crippen LogP contribution is 2.23. The van der Waals surface area contributed by atoms with Crippen LogP contribution in [0.3, 0.4) is 0 Å². The van der Waals surface area contributed by atoms with Crippen LogP contribution in [0.25, 0.3) is 0 Å². The molecule has 1 aromatic carbocycles. The van der Waals surface area contributed by atoms with E-state index < -0.39 is 7.38 Å². The second-order valence-corrected chi connectivity index (χ2v) is 13.8. The van der Waals surface area contributed by atoms with E-state index in [1.807, 2.05) is 0 Å². The van der Waals surface area contributed by atoms with Crippen LogP contribution in [0.1, 0.15) is 70.8 Å². The summed E-state index contributed by atoms with van der Waals surface area (Å²) in [6, 6.07) is 8.64. The number of hydrogen-bond donors (Lipinski definition) is 0. The predicted octanol–water partition coefficient (Wildman–Crippen LogP) is 7.12. The molecule has 1 rings (SSSR count). The van der Waals surface area contributed by atoms with Crippen LogP contribution in [0.2, 0.25) is 13.1 Å². The standard InChI is InChI=1S/C20H35ClOSi/c1-5-7-8-9-10-11-12-13-18-14-16-19(17-15-18)22-20(6-2)23(3,4)21/h14-17,20H,5-13H2,1-4H3. The number of rotatable bonds is 12. The average Bonchev–Trinajstić information content (AvgIpc) is 2.52. The molecule has 0 N–H and O–H groups in total.